The lowest BCUT2D eigenvalue weighted by Gasteiger charge is -2.12. The Labute approximate surface area is 140 Å². The van der Waals surface area contributed by atoms with Crippen LogP contribution in [0.1, 0.15) is 35.8 Å². The van der Waals surface area contributed by atoms with Gasteiger partial charge in [-0.1, -0.05) is 55.8 Å². The molecule has 0 bridgehead atoms. The van der Waals surface area contributed by atoms with Gasteiger partial charge in [-0.15, -0.1) is 0 Å². The van der Waals surface area contributed by atoms with Gasteiger partial charge >= 0.3 is 0 Å². The zero-order valence-electron chi connectivity index (χ0n) is 13.0. The lowest BCUT2D eigenvalue weighted by atomic mass is 10.0. The first-order valence-electron chi connectivity index (χ1n) is 7.52. The number of nitrogens with zero attached hydrogens (tertiary/aromatic N) is 1. The van der Waals surface area contributed by atoms with Crippen LogP contribution < -0.4 is 5.32 Å². The number of fused-ring (bicyclic) bond motifs is 1. The molecule has 0 unspecified atom stereocenters. The number of para-hydroxylation sites is 2. The van der Waals surface area contributed by atoms with Gasteiger partial charge in [-0.2, -0.15) is 0 Å². The Morgan fingerprint density at radius 2 is 1.78 bits per heavy atom. The van der Waals surface area contributed by atoms with E-state index in [0.29, 0.717) is 16.3 Å². The van der Waals surface area contributed by atoms with Crippen molar-refractivity contribution in [1.82, 2.24) is 4.98 Å². The standard InChI is InChI=1S/C19H17ClN2O/c1-12(2)18-11-14(13-7-3-5-9-16(13)21-18)19(23)22-17-10-6-4-8-15(17)20/h3-12H,1-2H3,(H,22,23). The molecule has 116 valence electrons. The molecule has 0 radical (unpaired) electrons. The van der Waals surface area contributed by atoms with Gasteiger partial charge < -0.3 is 5.32 Å². The number of carbonyl (C=O) groups excluding carboxylic acids is 1. The van der Waals surface area contributed by atoms with Gasteiger partial charge in [0.15, 0.2) is 0 Å². The fraction of sp³-hybridized carbons (Fsp3) is 0.158. The van der Waals surface area contributed by atoms with E-state index >= 15 is 0 Å². The van der Waals surface area contributed by atoms with Gasteiger partial charge in [-0.05, 0) is 30.2 Å². The summed E-state index contributed by atoms with van der Waals surface area (Å²) in [6.45, 7) is 4.12. The Bertz CT molecular complexity index is 874. The number of benzene rings is 2. The zero-order valence-corrected chi connectivity index (χ0v) is 13.8. The van der Waals surface area contributed by atoms with Gasteiger partial charge in [0, 0.05) is 11.1 Å². The molecule has 0 fully saturated rings. The molecule has 0 aliphatic carbocycles. The third-order valence-electron chi connectivity index (χ3n) is 3.69. The van der Waals surface area contributed by atoms with Crippen molar-refractivity contribution in [2.45, 2.75) is 19.8 Å². The van der Waals surface area contributed by atoms with E-state index < -0.39 is 0 Å². The number of anilines is 1. The van der Waals surface area contributed by atoms with Crippen LogP contribution in [0.3, 0.4) is 0 Å². The molecule has 0 saturated carbocycles. The van der Waals surface area contributed by atoms with E-state index in [1.165, 1.54) is 0 Å². The Morgan fingerprint density at radius 3 is 2.52 bits per heavy atom. The van der Waals surface area contributed by atoms with Crippen LogP contribution in [-0.2, 0) is 0 Å². The number of halogens is 1. The van der Waals surface area contributed by atoms with Crippen LogP contribution in [0, 0.1) is 0 Å². The smallest absolute Gasteiger partial charge is 0.256 e. The molecule has 0 spiro atoms. The molecule has 3 rings (SSSR count). The molecule has 0 atom stereocenters. The molecule has 1 amide bonds. The molecule has 1 heterocycles. The summed E-state index contributed by atoms with van der Waals surface area (Å²) < 4.78 is 0. The van der Waals surface area contributed by atoms with Crippen molar-refractivity contribution in [1.29, 1.82) is 0 Å². The van der Waals surface area contributed by atoms with Crippen molar-refractivity contribution >= 4 is 34.1 Å². The highest BCUT2D eigenvalue weighted by Gasteiger charge is 2.15. The average molecular weight is 325 g/mol. The van der Waals surface area contributed by atoms with Crippen LogP contribution >= 0.6 is 11.6 Å². The van der Waals surface area contributed by atoms with Gasteiger partial charge in [-0.3, -0.25) is 9.78 Å². The van der Waals surface area contributed by atoms with E-state index in [9.17, 15) is 4.79 Å². The molecule has 3 nitrogen and oxygen atoms in total. The number of carbonyl (C=O) groups is 1. The van der Waals surface area contributed by atoms with Gasteiger partial charge in [0.2, 0.25) is 0 Å². The maximum Gasteiger partial charge on any atom is 0.256 e. The fourth-order valence-corrected chi connectivity index (χ4v) is 2.61. The molecular formula is C19H17ClN2O. The highest BCUT2D eigenvalue weighted by atomic mass is 35.5. The van der Waals surface area contributed by atoms with Crippen molar-refractivity contribution in [3.05, 3.63) is 70.9 Å². The van der Waals surface area contributed by atoms with Crippen LogP contribution in [-0.4, -0.2) is 10.9 Å². The van der Waals surface area contributed by atoms with E-state index in [2.05, 4.69) is 24.1 Å². The van der Waals surface area contributed by atoms with Gasteiger partial charge in [-0.25, -0.2) is 0 Å². The maximum absolute atomic E-state index is 12.8. The topological polar surface area (TPSA) is 42.0 Å². The summed E-state index contributed by atoms with van der Waals surface area (Å²) in [4.78, 5) is 17.4. The first kappa shape index (κ1) is 15.5. The lowest BCUT2D eigenvalue weighted by molar-refractivity contribution is 0.102. The number of nitrogens with one attached hydrogen (secondary N) is 1. The minimum absolute atomic E-state index is 0.182. The Hall–Kier alpha value is -2.39. The molecular weight excluding hydrogens is 308 g/mol. The minimum Gasteiger partial charge on any atom is -0.321 e. The summed E-state index contributed by atoms with van der Waals surface area (Å²) in [5.74, 6) is 0.0602. The first-order valence-corrected chi connectivity index (χ1v) is 7.89. The molecule has 4 heteroatoms. The normalized spacial score (nSPS) is 11.0. The Balaban J connectivity index is 2.07. The quantitative estimate of drug-likeness (QED) is 0.713. The summed E-state index contributed by atoms with van der Waals surface area (Å²) in [6, 6.07) is 16.7. The predicted octanol–water partition coefficient (Wildman–Crippen LogP) is 5.26. The highest BCUT2D eigenvalue weighted by Crippen LogP contribution is 2.25. The molecule has 0 aliphatic rings. The first-order chi connectivity index (χ1) is 11.1. The third-order valence-corrected chi connectivity index (χ3v) is 4.02. The Morgan fingerprint density at radius 1 is 1.09 bits per heavy atom. The molecule has 2 aromatic carbocycles. The van der Waals surface area contributed by atoms with E-state index in [-0.39, 0.29) is 11.8 Å². The van der Waals surface area contributed by atoms with Crippen molar-refractivity contribution in [3.63, 3.8) is 0 Å². The van der Waals surface area contributed by atoms with Crippen molar-refractivity contribution in [2.75, 3.05) is 5.32 Å². The summed E-state index contributed by atoms with van der Waals surface area (Å²) in [7, 11) is 0. The van der Waals surface area contributed by atoms with Gasteiger partial charge in [0.25, 0.3) is 5.91 Å². The van der Waals surface area contributed by atoms with Gasteiger partial charge in [0.05, 0.1) is 21.8 Å². The Kier molecular flexibility index (Phi) is 4.30. The molecule has 0 saturated heterocycles. The second-order valence-electron chi connectivity index (χ2n) is 5.70. The van der Waals surface area contributed by atoms with Crippen molar-refractivity contribution in [2.24, 2.45) is 0 Å². The number of hydrogen-bond donors (Lipinski definition) is 1. The fourth-order valence-electron chi connectivity index (χ4n) is 2.43. The van der Waals surface area contributed by atoms with Crippen LogP contribution in [0.5, 0.6) is 0 Å². The second kappa shape index (κ2) is 6.39. The SMILES string of the molecule is CC(C)c1cc(C(=O)Nc2ccccc2Cl)c2ccccc2n1. The maximum atomic E-state index is 12.8. The van der Waals surface area contributed by atoms with E-state index in [1.54, 1.807) is 12.1 Å². The number of aromatic nitrogens is 1. The molecule has 23 heavy (non-hydrogen) atoms. The van der Waals surface area contributed by atoms with Gasteiger partial charge in [0.1, 0.15) is 0 Å². The van der Waals surface area contributed by atoms with Crippen molar-refractivity contribution < 1.29 is 4.79 Å². The molecule has 1 N–H and O–H groups in total. The second-order valence-corrected chi connectivity index (χ2v) is 6.11. The number of rotatable bonds is 3. The van der Waals surface area contributed by atoms with E-state index in [4.69, 9.17) is 11.6 Å². The third kappa shape index (κ3) is 3.20. The summed E-state index contributed by atoms with van der Waals surface area (Å²) in [5, 5.41) is 4.24. The summed E-state index contributed by atoms with van der Waals surface area (Å²) >= 11 is 6.13. The predicted molar refractivity (Wildman–Crippen MR) is 95.2 cm³/mol. The number of amides is 1. The molecule has 1 aromatic heterocycles. The minimum atomic E-state index is -0.182. The molecule has 3 aromatic rings. The van der Waals surface area contributed by atoms with E-state index in [1.807, 2.05) is 42.5 Å². The number of hydrogen-bond acceptors (Lipinski definition) is 2. The molecule has 0 aliphatic heterocycles. The monoisotopic (exact) mass is 324 g/mol. The zero-order chi connectivity index (χ0) is 16.4. The highest BCUT2D eigenvalue weighted by molar-refractivity contribution is 6.34. The van der Waals surface area contributed by atoms with Crippen LogP contribution in [0.25, 0.3) is 10.9 Å². The van der Waals surface area contributed by atoms with E-state index in [0.717, 1.165) is 16.6 Å². The lowest BCUT2D eigenvalue weighted by Crippen LogP contribution is -2.14. The largest absolute Gasteiger partial charge is 0.321 e. The summed E-state index contributed by atoms with van der Waals surface area (Å²) in [5.41, 5.74) is 2.93. The number of pyridine rings is 1. The summed E-state index contributed by atoms with van der Waals surface area (Å²) in [6.07, 6.45) is 0. The van der Waals surface area contributed by atoms with Crippen LogP contribution in [0.4, 0.5) is 5.69 Å². The van der Waals surface area contributed by atoms with Crippen LogP contribution in [0.15, 0.2) is 54.6 Å². The average Bonchev–Trinajstić information content (AvgIpc) is 2.55. The van der Waals surface area contributed by atoms with Crippen LogP contribution in [0.2, 0.25) is 5.02 Å². The van der Waals surface area contributed by atoms with Crippen molar-refractivity contribution in [3.8, 4) is 0 Å².